The Bertz CT molecular complexity index is 2570. The van der Waals surface area contributed by atoms with Crippen molar-refractivity contribution in [2.45, 2.75) is 88.4 Å². The Labute approximate surface area is 321 Å². The molecular weight excluding hydrogens is 753 g/mol. The minimum Gasteiger partial charge on any atom is -0.361 e. The van der Waals surface area contributed by atoms with Gasteiger partial charge in [-0.25, -0.2) is 26.8 Å². The zero-order valence-corrected chi connectivity index (χ0v) is 36.3. The molecule has 54 heavy (non-hydrogen) atoms. The zero-order chi connectivity index (χ0) is 39.4. The molecule has 2 heterocycles. The SMILES string of the molecule is CC(OCn1c(S(C)(=O)=O)nc2c(-c3ccc(-c4ccccc4)cc3-c3cccc4c3nc(S(C)(=O)=O)n4COC(C)[Si](C)(C)C)cccc21)[Si](C)(C)C. The third-order valence-electron chi connectivity index (χ3n) is 10.2. The third-order valence-corrected chi connectivity index (χ3v) is 17.4. The van der Waals surface area contributed by atoms with Gasteiger partial charge in [-0.2, -0.15) is 0 Å². The molecule has 0 saturated heterocycles. The van der Waals surface area contributed by atoms with E-state index in [9.17, 15) is 16.8 Å². The molecule has 0 saturated carbocycles. The second-order valence-electron chi connectivity index (χ2n) is 16.3. The number of rotatable bonds is 13. The lowest BCUT2D eigenvalue weighted by atomic mass is 9.90. The Kier molecular flexibility index (Phi) is 10.8. The molecule has 14 heteroatoms. The van der Waals surface area contributed by atoms with Crippen LogP contribution in [0.5, 0.6) is 0 Å². The van der Waals surface area contributed by atoms with Gasteiger partial charge >= 0.3 is 0 Å². The molecule has 10 nitrogen and oxygen atoms in total. The summed E-state index contributed by atoms with van der Waals surface area (Å²) in [5.74, 6) is 0. The number of fused-ring (bicyclic) bond motifs is 2. The fourth-order valence-corrected chi connectivity index (χ4v) is 8.95. The highest BCUT2D eigenvalue weighted by molar-refractivity contribution is 7.90. The summed E-state index contributed by atoms with van der Waals surface area (Å²) in [6.07, 6.45) is 2.33. The Morgan fingerprint density at radius 2 is 1.00 bits per heavy atom. The molecular formula is C40H50N4O6S2Si2. The minimum atomic E-state index is -3.75. The molecule has 4 aromatic carbocycles. The smallest absolute Gasteiger partial charge is 0.230 e. The van der Waals surface area contributed by atoms with E-state index in [1.165, 1.54) is 0 Å². The van der Waals surface area contributed by atoms with Crippen LogP contribution in [-0.2, 0) is 42.6 Å². The summed E-state index contributed by atoms with van der Waals surface area (Å²) in [5, 5.41) is -0.138. The van der Waals surface area contributed by atoms with Crippen LogP contribution < -0.4 is 0 Å². The van der Waals surface area contributed by atoms with E-state index in [1.807, 2.05) is 92.7 Å². The van der Waals surface area contributed by atoms with E-state index >= 15 is 0 Å². The highest BCUT2D eigenvalue weighted by Gasteiger charge is 2.29. The first kappa shape index (κ1) is 39.8. The number of imidazole rings is 2. The van der Waals surface area contributed by atoms with Crippen molar-refractivity contribution in [2.24, 2.45) is 0 Å². The minimum absolute atomic E-state index is 0.0241. The molecule has 0 aliphatic carbocycles. The van der Waals surface area contributed by atoms with Crippen molar-refractivity contribution in [2.75, 3.05) is 12.5 Å². The zero-order valence-electron chi connectivity index (χ0n) is 32.7. The molecule has 0 amide bonds. The molecule has 286 valence electrons. The first-order chi connectivity index (χ1) is 25.2. The fraction of sp³-hybridized carbons (Fsp3) is 0.350. The Balaban J connectivity index is 1.61. The first-order valence-corrected chi connectivity index (χ1v) is 28.9. The molecule has 0 N–H and O–H groups in total. The molecule has 0 bridgehead atoms. The van der Waals surface area contributed by atoms with Crippen LogP contribution in [0.4, 0.5) is 0 Å². The fourth-order valence-electron chi connectivity index (χ4n) is 6.19. The van der Waals surface area contributed by atoms with Crippen LogP contribution in [-0.4, -0.2) is 76.1 Å². The van der Waals surface area contributed by atoms with Crippen molar-refractivity contribution in [3.8, 4) is 33.4 Å². The quantitative estimate of drug-likeness (QED) is 0.106. The van der Waals surface area contributed by atoms with Crippen molar-refractivity contribution in [3.63, 3.8) is 0 Å². The van der Waals surface area contributed by atoms with Crippen LogP contribution in [0, 0.1) is 0 Å². The average molecular weight is 803 g/mol. The summed E-state index contributed by atoms with van der Waals surface area (Å²) < 4.78 is 68.8. The maximum Gasteiger partial charge on any atom is 0.230 e. The summed E-state index contributed by atoms with van der Waals surface area (Å²) in [6, 6.07) is 27.5. The van der Waals surface area contributed by atoms with Gasteiger partial charge in [-0.05, 0) is 54.3 Å². The summed E-state index contributed by atoms with van der Waals surface area (Å²) in [6.45, 7) is 17.4. The second-order valence-corrected chi connectivity index (χ2v) is 31.2. The molecule has 0 spiro atoms. The Morgan fingerprint density at radius 1 is 0.556 bits per heavy atom. The van der Waals surface area contributed by atoms with E-state index in [0.717, 1.165) is 40.3 Å². The molecule has 0 radical (unpaired) electrons. The van der Waals surface area contributed by atoms with Gasteiger partial charge in [-0.15, -0.1) is 0 Å². The van der Waals surface area contributed by atoms with Gasteiger partial charge in [0.25, 0.3) is 0 Å². The number of sulfone groups is 2. The van der Waals surface area contributed by atoms with Crippen LogP contribution in [0.25, 0.3) is 55.4 Å². The molecule has 2 aromatic heterocycles. The van der Waals surface area contributed by atoms with Gasteiger partial charge in [0.2, 0.25) is 30.0 Å². The lowest BCUT2D eigenvalue weighted by molar-refractivity contribution is 0.0537. The summed E-state index contributed by atoms with van der Waals surface area (Å²) in [4.78, 5) is 9.59. The predicted molar refractivity (Wildman–Crippen MR) is 223 cm³/mol. The van der Waals surface area contributed by atoms with E-state index in [2.05, 4.69) is 45.3 Å². The summed E-state index contributed by atoms with van der Waals surface area (Å²) >= 11 is 0. The van der Waals surface area contributed by atoms with Gasteiger partial charge in [-0.1, -0.05) is 106 Å². The monoisotopic (exact) mass is 802 g/mol. The van der Waals surface area contributed by atoms with E-state index in [1.54, 1.807) is 9.13 Å². The van der Waals surface area contributed by atoms with Gasteiger partial charge in [-0.3, -0.25) is 9.13 Å². The number of nitrogens with zero attached hydrogens (tertiary/aromatic N) is 4. The highest BCUT2D eigenvalue weighted by Crippen LogP contribution is 2.42. The lowest BCUT2D eigenvalue weighted by Crippen LogP contribution is -2.38. The standard InChI is InChI=1S/C40H50N4O6S2Si2/c1-27(53(5,6)7)49-25-43-35-20-14-18-32(37(35)41-39(43)51(3,45)46)31-23-22-30(29-16-12-11-13-17-29)24-34(31)33-19-15-21-36-38(33)42-40(52(4,47)48)44(36)26-50-28(2)54(8,9)10/h11-24,27-28H,25-26H2,1-10H3. The van der Waals surface area contributed by atoms with Crippen molar-refractivity contribution in [3.05, 3.63) is 84.9 Å². The van der Waals surface area contributed by atoms with Crippen LogP contribution in [0.2, 0.25) is 39.3 Å². The van der Waals surface area contributed by atoms with Gasteiger partial charge < -0.3 is 9.47 Å². The normalized spacial score (nSPS) is 14.2. The van der Waals surface area contributed by atoms with Crippen molar-refractivity contribution >= 4 is 57.9 Å². The van der Waals surface area contributed by atoms with E-state index in [4.69, 9.17) is 19.4 Å². The van der Waals surface area contributed by atoms with Crippen molar-refractivity contribution in [1.29, 1.82) is 0 Å². The number of hydrogen-bond donors (Lipinski definition) is 0. The number of ether oxygens (including phenoxy) is 2. The number of para-hydroxylation sites is 2. The summed E-state index contributed by atoms with van der Waals surface area (Å²) in [5.41, 5.74) is 7.19. The molecule has 0 aliphatic heterocycles. The van der Waals surface area contributed by atoms with E-state index in [-0.39, 0.29) is 35.2 Å². The summed E-state index contributed by atoms with van der Waals surface area (Å²) in [7, 11) is -10.9. The van der Waals surface area contributed by atoms with Gasteiger partial charge in [0.1, 0.15) is 13.5 Å². The van der Waals surface area contributed by atoms with Gasteiger partial charge in [0.15, 0.2) is 0 Å². The van der Waals surface area contributed by atoms with Crippen molar-refractivity contribution < 1.29 is 26.3 Å². The number of benzene rings is 4. The van der Waals surface area contributed by atoms with E-state index in [0.29, 0.717) is 27.6 Å². The van der Waals surface area contributed by atoms with E-state index < -0.39 is 35.8 Å². The average Bonchev–Trinajstić information content (AvgIpc) is 3.68. The topological polar surface area (TPSA) is 122 Å². The Morgan fingerprint density at radius 3 is 1.43 bits per heavy atom. The lowest BCUT2D eigenvalue weighted by Gasteiger charge is -2.25. The van der Waals surface area contributed by atoms with Gasteiger partial charge in [0.05, 0.1) is 38.2 Å². The molecule has 0 aliphatic rings. The van der Waals surface area contributed by atoms with Crippen LogP contribution >= 0.6 is 0 Å². The van der Waals surface area contributed by atoms with Gasteiger partial charge in [0, 0.05) is 35.1 Å². The largest absolute Gasteiger partial charge is 0.361 e. The maximum absolute atomic E-state index is 13.3. The molecule has 0 fully saturated rings. The molecule has 2 unspecified atom stereocenters. The Hall–Kier alpha value is -3.93. The molecule has 6 rings (SSSR count). The molecule has 2 atom stereocenters. The maximum atomic E-state index is 13.3. The van der Waals surface area contributed by atoms with Crippen LogP contribution in [0.1, 0.15) is 13.8 Å². The predicted octanol–water partition coefficient (Wildman–Crippen LogP) is 8.67. The third kappa shape index (κ3) is 8.04. The number of hydrogen-bond acceptors (Lipinski definition) is 8. The number of aromatic nitrogens is 4. The van der Waals surface area contributed by atoms with Crippen LogP contribution in [0.3, 0.4) is 0 Å². The van der Waals surface area contributed by atoms with Crippen LogP contribution in [0.15, 0.2) is 95.2 Å². The first-order valence-electron chi connectivity index (χ1n) is 18.0. The second kappa shape index (κ2) is 14.6. The molecule has 6 aromatic rings. The van der Waals surface area contributed by atoms with Crippen molar-refractivity contribution in [1.82, 2.24) is 19.1 Å². The highest BCUT2D eigenvalue weighted by atomic mass is 32.2.